The molecule has 202 valence electrons. The van der Waals surface area contributed by atoms with Crippen molar-refractivity contribution in [2.75, 3.05) is 19.7 Å². The van der Waals surface area contributed by atoms with E-state index in [2.05, 4.69) is 10.0 Å². The fourth-order valence-electron chi connectivity index (χ4n) is 4.00. The number of nitrogens with zero attached hydrogens (tertiary/aromatic N) is 1. The molecular formula is C28H32ClN3O5S. The minimum absolute atomic E-state index is 0.0628. The van der Waals surface area contributed by atoms with Gasteiger partial charge in [-0.3, -0.25) is 9.59 Å². The van der Waals surface area contributed by atoms with E-state index in [1.165, 1.54) is 17.0 Å². The number of nitrogens with one attached hydrogen (secondary N) is 2. The number of hydrogen-bond donors (Lipinski definition) is 3. The number of amides is 2. The van der Waals surface area contributed by atoms with Crippen LogP contribution < -0.4 is 10.0 Å². The summed E-state index contributed by atoms with van der Waals surface area (Å²) in [5.74, 6) is -0.650. The fourth-order valence-corrected chi connectivity index (χ4v) is 5.16. The smallest absolute Gasteiger partial charge is 0.247 e. The van der Waals surface area contributed by atoms with Crippen LogP contribution in [0.15, 0.2) is 83.8 Å². The molecule has 3 aromatic carbocycles. The van der Waals surface area contributed by atoms with Crippen molar-refractivity contribution in [3.05, 3.63) is 101 Å². The Morgan fingerprint density at radius 2 is 1.58 bits per heavy atom. The summed E-state index contributed by atoms with van der Waals surface area (Å²) in [7, 11) is -3.57. The third-order valence-corrected chi connectivity index (χ3v) is 7.68. The van der Waals surface area contributed by atoms with Gasteiger partial charge in [0.15, 0.2) is 0 Å². The molecule has 0 spiro atoms. The molecule has 1 atom stereocenters. The fraction of sp³-hybridized carbons (Fsp3) is 0.286. The van der Waals surface area contributed by atoms with E-state index < -0.39 is 22.0 Å². The predicted molar refractivity (Wildman–Crippen MR) is 147 cm³/mol. The molecule has 3 aromatic rings. The number of hydrogen-bond acceptors (Lipinski definition) is 5. The summed E-state index contributed by atoms with van der Waals surface area (Å²) in [6.45, 7) is 2.00. The Hall–Kier alpha value is -3.24. The van der Waals surface area contributed by atoms with Crippen molar-refractivity contribution in [2.45, 2.75) is 37.2 Å². The Morgan fingerprint density at radius 3 is 2.18 bits per heavy atom. The molecule has 8 nitrogen and oxygen atoms in total. The maximum atomic E-state index is 13.7. The van der Waals surface area contributed by atoms with Crippen LogP contribution in [0.5, 0.6) is 0 Å². The molecule has 3 N–H and O–H groups in total. The van der Waals surface area contributed by atoms with Gasteiger partial charge in [0.1, 0.15) is 6.04 Å². The Bertz CT molecular complexity index is 1300. The molecule has 2 amide bonds. The SMILES string of the molecule is CCNS(=O)(=O)c1ccc(CCC(=O)N(Cc2ccc(Cl)cc2)C(C(=O)NCCO)c2ccccc2)cc1. The number of halogens is 1. The number of benzene rings is 3. The number of aliphatic hydroxyl groups excluding tert-OH is 1. The minimum atomic E-state index is -3.57. The molecule has 38 heavy (non-hydrogen) atoms. The Balaban J connectivity index is 1.87. The number of sulfonamides is 1. The first kappa shape index (κ1) is 29.3. The molecule has 0 fully saturated rings. The van der Waals surface area contributed by atoms with Gasteiger partial charge in [-0.2, -0.15) is 0 Å². The van der Waals surface area contributed by atoms with E-state index in [0.29, 0.717) is 17.0 Å². The molecule has 0 aliphatic rings. The third-order valence-electron chi connectivity index (χ3n) is 5.87. The van der Waals surface area contributed by atoms with Gasteiger partial charge in [0.25, 0.3) is 0 Å². The van der Waals surface area contributed by atoms with Crippen LogP contribution in [0.25, 0.3) is 0 Å². The summed E-state index contributed by atoms with van der Waals surface area (Å²) in [5, 5.41) is 12.5. The zero-order chi connectivity index (χ0) is 27.5. The lowest BCUT2D eigenvalue weighted by Gasteiger charge is -2.32. The summed E-state index contributed by atoms with van der Waals surface area (Å²) < 4.78 is 26.9. The van der Waals surface area contributed by atoms with E-state index in [1.54, 1.807) is 67.6 Å². The van der Waals surface area contributed by atoms with Crippen LogP contribution >= 0.6 is 11.6 Å². The summed E-state index contributed by atoms with van der Waals surface area (Å²) in [5.41, 5.74) is 2.24. The number of carbonyl (C=O) groups excluding carboxylic acids is 2. The monoisotopic (exact) mass is 557 g/mol. The zero-order valence-electron chi connectivity index (χ0n) is 21.1. The summed E-state index contributed by atoms with van der Waals surface area (Å²) in [4.78, 5) is 28.6. The van der Waals surface area contributed by atoms with Gasteiger partial charge >= 0.3 is 0 Å². The summed E-state index contributed by atoms with van der Waals surface area (Å²) in [6.07, 6.45) is 0.459. The van der Waals surface area contributed by atoms with E-state index in [0.717, 1.165) is 11.1 Å². The van der Waals surface area contributed by atoms with Crippen LogP contribution in [0.4, 0.5) is 0 Å². The van der Waals surface area contributed by atoms with Gasteiger partial charge in [-0.15, -0.1) is 0 Å². The molecule has 0 radical (unpaired) electrons. The highest BCUT2D eigenvalue weighted by Gasteiger charge is 2.31. The van der Waals surface area contributed by atoms with Crippen LogP contribution in [-0.4, -0.2) is 49.9 Å². The van der Waals surface area contributed by atoms with Crippen molar-refractivity contribution >= 4 is 33.4 Å². The lowest BCUT2D eigenvalue weighted by atomic mass is 10.0. The topological polar surface area (TPSA) is 116 Å². The van der Waals surface area contributed by atoms with E-state index in [9.17, 15) is 23.1 Å². The Labute approximate surface area is 228 Å². The van der Waals surface area contributed by atoms with Gasteiger partial charge in [-0.25, -0.2) is 13.1 Å². The molecular weight excluding hydrogens is 526 g/mol. The molecule has 0 saturated carbocycles. The van der Waals surface area contributed by atoms with Crippen molar-refractivity contribution in [1.82, 2.24) is 14.9 Å². The summed E-state index contributed by atoms with van der Waals surface area (Å²) >= 11 is 6.04. The van der Waals surface area contributed by atoms with E-state index in [4.69, 9.17) is 11.6 Å². The Kier molecular flexibility index (Phi) is 10.8. The van der Waals surface area contributed by atoms with Crippen molar-refractivity contribution < 1.29 is 23.1 Å². The van der Waals surface area contributed by atoms with E-state index in [1.807, 2.05) is 6.07 Å². The van der Waals surface area contributed by atoms with Crippen molar-refractivity contribution in [3.63, 3.8) is 0 Å². The van der Waals surface area contributed by atoms with Gasteiger partial charge in [-0.1, -0.05) is 73.1 Å². The van der Waals surface area contributed by atoms with Gasteiger partial charge in [0.2, 0.25) is 21.8 Å². The normalized spacial score (nSPS) is 12.1. The predicted octanol–water partition coefficient (Wildman–Crippen LogP) is 3.45. The zero-order valence-corrected chi connectivity index (χ0v) is 22.7. The first-order chi connectivity index (χ1) is 18.2. The number of rotatable bonds is 13. The average Bonchev–Trinajstić information content (AvgIpc) is 2.92. The van der Waals surface area contributed by atoms with Crippen molar-refractivity contribution in [3.8, 4) is 0 Å². The van der Waals surface area contributed by atoms with E-state index in [-0.39, 0.29) is 43.5 Å². The average molecular weight is 558 g/mol. The van der Waals surface area contributed by atoms with Crippen molar-refractivity contribution in [1.29, 1.82) is 0 Å². The van der Waals surface area contributed by atoms with Crippen LogP contribution in [-0.2, 0) is 32.6 Å². The van der Waals surface area contributed by atoms with Gasteiger partial charge < -0.3 is 15.3 Å². The second kappa shape index (κ2) is 14.1. The largest absolute Gasteiger partial charge is 0.395 e. The number of aryl methyl sites for hydroxylation is 1. The highest BCUT2D eigenvalue weighted by molar-refractivity contribution is 7.89. The molecule has 3 rings (SSSR count). The number of carbonyl (C=O) groups is 2. The highest BCUT2D eigenvalue weighted by atomic mass is 35.5. The van der Waals surface area contributed by atoms with Crippen LogP contribution in [0.2, 0.25) is 5.02 Å². The molecule has 10 heteroatoms. The van der Waals surface area contributed by atoms with Gasteiger partial charge in [0, 0.05) is 31.1 Å². The summed E-state index contributed by atoms with van der Waals surface area (Å²) in [6, 6.07) is 21.5. The molecule has 0 aliphatic heterocycles. The van der Waals surface area contributed by atoms with Crippen LogP contribution in [0.3, 0.4) is 0 Å². The third kappa shape index (κ3) is 8.13. The first-order valence-corrected chi connectivity index (χ1v) is 14.2. The molecule has 0 heterocycles. The quantitative estimate of drug-likeness (QED) is 0.298. The van der Waals surface area contributed by atoms with E-state index >= 15 is 0 Å². The molecule has 1 unspecified atom stereocenters. The maximum Gasteiger partial charge on any atom is 0.247 e. The second-order valence-corrected chi connectivity index (χ2v) is 10.8. The minimum Gasteiger partial charge on any atom is -0.395 e. The highest BCUT2D eigenvalue weighted by Crippen LogP contribution is 2.26. The molecule has 0 aromatic heterocycles. The maximum absolute atomic E-state index is 13.7. The van der Waals surface area contributed by atoms with Crippen LogP contribution in [0, 0.1) is 0 Å². The first-order valence-electron chi connectivity index (χ1n) is 12.3. The van der Waals surface area contributed by atoms with Crippen LogP contribution in [0.1, 0.15) is 36.1 Å². The Morgan fingerprint density at radius 1 is 0.947 bits per heavy atom. The lowest BCUT2D eigenvalue weighted by Crippen LogP contribution is -2.44. The second-order valence-electron chi connectivity index (χ2n) is 8.62. The van der Waals surface area contributed by atoms with Gasteiger partial charge in [-0.05, 0) is 47.4 Å². The molecule has 0 aliphatic carbocycles. The van der Waals surface area contributed by atoms with Crippen molar-refractivity contribution in [2.24, 2.45) is 0 Å². The number of aliphatic hydroxyl groups is 1. The molecule has 0 bridgehead atoms. The lowest BCUT2D eigenvalue weighted by molar-refractivity contribution is -0.141. The van der Waals surface area contributed by atoms with Gasteiger partial charge in [0.05, 0.1) is 11.5 Å². The molecule has 0 saturated heterocycles. The standard InChI is InChI=1S/C28H32ClN3O5S/c1-2-31-38(36,37)25-15-10-21(11-16-25)12-17-26(34)32(20-22-8-13-24(29)14-9-22)27(28(35)30-18-19-33)23-6-4-3-5-7-23/h3-11,13-16,27,31,33H,2,12,17-20H2,1H3,(H,30,35).